The Labute approximate surface area is 147 Å². The molecule has 5 nitrogen and oxygen atoms in total. The molecule has 0 spiro atoms. The number of carbonyl (C=O) groups is 1. The van der Waals surface area contributed by atoms with Crippen molar-refractivity contribution in [2.75, 3.05) is 0 Å². The van der Waals surface area contributed by atoms with Gasteiger partial charge in [0.1, 0.15) is 5.54 Å². The van der Waals surface area contributed by atoms with Crippen LogP contribution in [0.25, 0.3) is 0 Å². The van der Waals surface area contributed by atoms with Crippen molar-refractivity contribution in [2.45, 2.75) is 87.4 Å². The average molecular weight is 387 g/mol. The van der Waals surface area contributed by atoms with Crippen molar-refractivity contribution in [3.05, 3.63) is 0 Å². The fourth-order valence-corrected chi connectivity index (χ4v) is 5.33. The zero-order valence-corrected chi connectivity index (χ0v) is 15.3. The molecule has 0 saturated heterocycles. The molecule has 1 fully saturated rings. The SMILES string of the molecule is CCCCCCCC(C(N)(C(=O)O)C1CCCC1)S(=O)(=O)C(F)(F)F. The van der Waals surface area contributed by atoms with Gasteiger partial charge in [-0.15, -0.1) is 0 Å². The largest absolute Gasteiger partial charge is 0.497 e. The first kappa shape index (κ1) is 22.2. The lowest BCUT2D eigenvalue weighted by molar-refractivity contribution is -0.146. The molecule has 0 aromatic rings. The number of sulfone groups is 1. The maximum Gasteiger partial charge on any atom is 0.497 e. The van der Waals surface area contributed by atoms with Crippen molar-refractivity contribution in [2.24, 2.45) is 11.7 Å². The molecule has 148 valence electrons. The third kappa shape index (κ3) is 4.87. The third-order valence-corrected chi connectivity index (χ3v) is 7.22. The molecular weight excluding hydrogens is 359 g/mol. The highest BCUT2D eigenvalue weighted by Crippen LogP contribution is 2.42. The quantitative estimate of drug-likeness (QED) is 0.558. The molecule has 0 bridgehead atoms. The van der Waals surface area contributed by atoms with Gasteiger partial charge in [0.05, 0.1) is 5.25 Å². The highest BCUT2D eigenvalue weighted by molar-refractivity contribution is 7.93. The molecule has 3 N–H and O–H groups in total. The van der Waals surface area contributed by atoms with Crippen molar-refractivity contribution in [3.63, 3.8) is 0 Å². The van der Waals surface area contributed by atoms with Crippen molar-refractivity contribution in [1.29, 1.82) is 0 Å². The molecule has 0 aliphatic heterocycles. The summed E-state index contributed by atoms with van der Waals surface area (Å²) in [5, 5.41) is 7.43. The second-order valence-corrected chi connectivity index (χ2v) is 9.02. The average Bonchev–Trinajstić information content (AvgIpc) is 3.03. The molecule has 9 heteroatoms. The number of halogens is 3. The molecule has 0 aromatic carbocycles. The first-order chi connectivity index (χ1) is 11.5. The van der Waals surface area contributed by atoms with Gasteiger partial charge in [0.15, 0.2) is 0 Å². The van der Waals surface area contributed by atoms with Crippen LogP contribution < -0.4 is 5.73 Å². The lowest BCUT2D eigenvalue weighted by atomic mass is 9.79. The fourth-order valence-electron chi connectivity index (χ4n) is 3.72. The highest BCUT2D eigenvalue weighted by Gasteiger charge is 2.61. The molecule has 1 aliphatic carbocycles. The predicted octanol–water partition coefficient (Wildman–Crippen LogP) is 3.62. The molecule has 2 atom stereocenters. The van der Waals surface area contributed by atoms with Crippen molar-refractivity contribution in [3.8, 4) is 0 Å². The van der Waals surface area contributed by atoms with E-state index in [-0.39, 0.29) is 12.8 Å². The molecule has 1 rings (SSSR count). The van der Waals surface area contributed by atoms with E-state index in [9.17, 15) is 31.5 Å². The highest BCUT2D eigenvalue weighted by atomic mass is 32.2. The van der Waals surface area contributed by atoms with E-state index in [1.165, 1.54) is 0 Å². The van der Waals surface area contributed by atoms with Gasteiger partial charge in [-0.1, -0.05) is 51.9 Å². The van der Waals surface area contributed by atoms with Crippen LogP contribution in [0.4, 0.5) is 13.2 Å². The van der Waals surface area contributed by atoms with Gasteiger partial charge in [-0.3, -0.25) is 4.79 Å². The van der Waals surface area contributed by atoms with Crippen LogP contribution in [0.3, 0.4) is 0 Å². The Morgan fingerprint density at radius 3 is 2.12 bits per heavy atom. The number of nitrogens with two attached hydrogens (primary N) is 1. The summed E-state index contributed by atoms with van der Waals surface area (Å²) in [5.74, 6) is -2.42. The molecule has 25 heavy (non-hydrogen) atoms. The molecule has 2 unspecified atom stereocenters. The Kier molecular flexibility index (Phi) is 7.73. The zero-order valence-electron chi connectivity index (χ0n) is 14.5. The van der Waals surface area contributed by atoms with Crippen molar-refractivity contribution < 1.29 is 31.5 Å². The summed E-state index contributed by atoms with van der Waals surface area (Å²) in [4.78, 5) is 11.8. The Morgan fingerprint density at radius 2 is 1.68 bits per heavy atom. The number of hydrogen-bond acceptors (Lipinski definition) is 4. The van der Waals surface area contributed by atoms with Crippen LogP contribution in [0.2, 0.25) is 0 Å². The first-order valence-corrected chi connectivity index (χ1v) is 10.4. The van der Waals surface area contributed by atoms with Crippen LogP contribution in [0.15, 0.2) is 0 Å². The van der Waals surface area contributed by atoms with E-state index < -0.39 is 38.0 Å². The summed E-state index contributed by atoms with van der Waals surface area (Å²) in [5.41, 5.74) is -1.99. The van der Waals surface area contributed by atoms with Crippen LogP contribution in [-0.2, 0) is 14.6 Å². The van der Waals surface area contributed by atoms with Gasteiger partial charge in [0, 0.05) is 0 Å². The monoisotopic (exact) mass is 387 g/mol. The molecule has 0 amide bonds. The van der Waals surface area contributed by atoms with E-state index in [1.807, 2.05) is 6.92 Å². The van der Waals surface area contributed by atoms with E-state index in [0.717, 1.165) is 19.3 Å². The zero-order chi connectivity index (χ0) is 19.3. The second-order valence-electron chi connectivity index (χ2n) is 6.90. The molecule has 1 saturated carbocycles. The lowest BCUT2D eigenvalue weighted by Gasteiger charge is -2.38. The number of rotatable bonds is 10. The van der Waals surface area contributed by atoms with E-state index in [0.29, 0.717) is 32.1 Å². The summed E-state index contributed by atoms with van der Waals surface area (Å²) in [6.07, 6.45) is 4.93. The Balaban J connectivity index is 3.16. The smallest absolute Gasteiger partial charge is 0.480 e. The molecule has 1 aliphatic rings. The number of carboxylic acids is 1. The van der Waals surface area contributed by atoms with Crippen LogP contribution in [0, 0.1) is 5.92 Å². The van der Waals surface area contributed by atoms with Gasteiger partial charge >= 0.3 is 11.5 Å². The van der Waals surface area contributed by atoms with E-state index in [2.05, 4.69) is 0 Å². The summed E-state index contributed by atoms with van der Waals surface area (Å²) in [6, 6.07) is 0. The first-order valence-electron chi connectivity index (χ1n) is 8.82. The third-order valence-electron chi connectivity index (χ3n) is 5.20. The number of alkyl halides is 3. The molecule has 0 aromatic heterocycles. The number of aliphatic carboxylic acids is 1. The summed E-state index contributed by atoms with van der Waals surface area (Å²) in [6.45, 7) is 1.98. The van der Waals surface area contributed by atoms with Crippen LogP contribution in [-0.4, -0.2) is 35.8 Å². The predicted molar refractivity (Wildman–Crippen MR) is 88.7 cm³/mol. The van der Waals surface area contributed by atoms with Gasteiger partial charge in [0.2, 0.25) is 0 Å². The van der Waals surface area contributed by atoms with Crippen molar-refractivity contribution in [1.82, 2.24) is 0 Å². The normalized spacial score (nSPS) is 20.4. The van der Waals surface area contributed by atoms with Gasteiger partial charge in [-0.2, -0.15) is 13.2 Å². The van der Waals surface area contributed by atoms with Crippen LogP contribution in [0.5, 0.6) is 0 Å². The maximum absolute atomic E-state index is 13.2. The maximum atomic E-state index is 13.2. The Morgan fingerprint density at radius 1 is 1.16 bits per heavy atom. The number of carboxylic acid groups (broad SMARTS) is 1. The van der Waals surface area contributed by atoms with Gasteiger partial charge in [-0.05, 0) is 25.2 Å². The minimum absolute atomic E-state index is 0.207. The number of unbranched alkanes of at least 4 members (excludes halogenated alkanes) is 4. The minimum Gasteiger partial charge on any atom is -0.480 e. The van der Waals surface area contributed by atoms with Crippen LogP contribution >= 0.6 is 0 Å². The Hall–Kier alpha value is -0.830. The second kappa shape index (κ2) is 8.70. The van der Waals surface area contributed by atoms with Gasteiger partial charge < -0.3 is 10.8 Å². The van der Waals surface area contributed by atoms with Gasteiger partial charge in [0.25, 0.3) is 9.84 Å². The summed E-state index contributed by atoms with van der Waals surface area (Å²) in [7, 11) is -5.68. The standard InChI is InChI=1S/C16H28F3NO4S/c1-2-3-4-5-6-11-13(25(23,24)16(17,18)19)15(20,14(21)22)12-9-7-8-10-12/h12-13H,2-11,20H2,1H3,(H,21,22). The van der Waals surface area contributed by atoms with Gasteiger partial charge in [-0.25, -0.2) is 8.42 Å². The van der Waals surface area contributed by atoms with Crippen LogP contribution in [0.1, 0.15) is 71.1 Å². The van der Waals surface area contributed by atoms with E-state index >= 15 is 0 Å². The summed E-state index contributed by atoms with van der Waals surface area (Å²) >= 11 is 0. The fraction of sp³-hybridized carbons (Fsp3) is 0.938. The summed E-state index contributed by atoms with van der Waals surface area (Å²) < 4.78 is 63.7. The topological polar surface area (TPSA) is 97.5 Å². The lowest BCUT2D eigenvalue weighted by Crippen LogP contribution is -2.65. The Bertz CT molecular complexity index is 544. The van der Waals surface area contributed by atoms with E-state index in [1.54, 1.807) is 0 Å². The number of hydrogen-bond donors (Lipinski definition) is 2. The van der Waals surface area contributed by atoms with E-state index in [4.69, 9.17) is 5.73 Å². The minimum atomic E-state index is -5.68. The molecule has 0 heterocycles. The molecule has 0 radical (unpaired) electrons. The van der Waals surface area contributed by atoms with Crippen molar-refractivity contribution >= 4 is 15.8 Å². The molecular formula is C16H28F3NO4S.